The lowest BCUT2D eigenvalue weighted by atomic mass is 10.1. The minimum atomic E-state index is -3.56. The summed E-state index contributed by atoms with van der Waals surface area (Å²) in [7, 11) is -3.56. The summed E-state index contributed by atoms with van der Waals surface area (Å²) in [6.45, 7) is 2.30. The van der Waals surface area contributed by atoms with Crippen molar-refractivity contribution in [3.8, 4) is 12.1 Å². The molecule has 1 unspecified atom stereocenters. The second kappa shape index (κ2) is 9.87. The summed E-state index contributed by atoms with van der Waals surface area (Å²) in [6, 6.07) is 3.79. The molecule has 0 bridgehead atoms. The van der Waals surface area contributed by atoms with Crippen molar-refractivity contribution in [2.24, 2.45) is 0 Å². The standard InChI is InChI=1S/C12H21N3O2S/c1-2-3-4-5-8-12(11-14)18(16,17)15-10-7-6-9-13/h12,15H,2-8,10H2,1H3. The van der Waals surface area contributed by atoms with Crippen molar-refractivity contribution in [1.82, 2.24) is 4.72 Å². The molecule has 0 aromatic rings. The van der Waals surface area contributed by atoms with Crippen molar-refractivity contribution in [1.29, 1.82) is 10.5 Å². The smallest absolute Gasteiger partial charge is 0.214 e. The zero-order valence-electron chi connectivity index (χ0n) is 10.9. The maximum Gasteiger partial charge on any atom is 0.227 e. The van der Waals surface area contributed by atoms with Crippen molar-refractivity contribution in [3.63, 3.8) is 0 Å². The third-order valence-corrected chi connectivity index (χ3v) is 4.30. The second-order valence-electron chi connectivity index (χ2n) is 4.17. The van der Waals surface area contributed by atoms with Gasteiger partial charge < -0.3 is 0 Å². The first-order chi connectivity index (χ1) is 8.58. The van der Waals surface area contributed by atoms with Gasteiger partial charge in [-0.25, -0.2) is 13.1 Å². The predicted molar refractivity (Wildman–Crippen MR) is 69.9 cm³/mol. The molecule has 18 heavy (non-hydrogen) atoms. The molecule has 6 heteroatoms. The van der Waals surface area contributed by atoms with Gasteiger partial charge in [-0.15, -0.1) is 0 Å². The SMILES string of the molecule is CCCCCCC(C#N)S(=O)(=O)NCCCC#N. The lowest BCUT2D eigenvalue weighted by molar-refractivity contribution is 0.559. The lowest BCUT2D eigenvalue weighted by Gasteiger charge is -2.11. The first-order valence-corrected chi connectivity index (χ1v) is 7.88. The summed E-state index contributed by atoms with van der Waals surface area (Å²) < 4.78 is 25.9. The molecule has 0 aromatic carbocycles. The Kier molecular flexibility index (Phi) is 9.26. The second-order valence-corrected chi connectivity index (χ2v) is 6.12. The van der Waals surface area contributed by atoms with E-state index in [1.807, 2.05) is 12.1 Å². The normalized spacial score (nSPS) is 12.6. The van der Waals surface area contributed by atoms with Crippen molar-refractivity contribution in [3.05, 3.63) is 0 Å². The van der Waals surface area contributed by atoms with Gasteiger partial charge in [-0.3, -0.25) is 0 Å². The van der Waals surface area contributed by atoms with Gasteiger partial charge in [0.2, 0.25) is 10.0 Å². The van der Waals surface area contributed by atoms with Gasteiger partial charge in [0.1, 0.15) is 0 Å². The van der Waals surface area contributed by atoms with Crippen LogP contribution in [0, 0.1) is 22.7 Å². The first-order valence-electron chi connectivity index (χ1n) is 6.33. The Morgan fingerprint density at radius 3 is 2.44 bits per heavy atom. The van der Waals surface area contributed by atoms with Gasteiger partial charge in [0, 0.05) is 13.0 Å². The average Bonchev–Trinajstić information content (AvgIpc) is 2.34. The molecule has 0 aromatic heterocycles. The number of nitrogens with one attached hydrogen (secondary N) is 1. The molecule has 0 spiro atoms. The Morgan fingerprint density at radius 1 is 1.17 bits per heavy atom. The number of nitriles is 2. The van der Waals surface area contributed by atoms with Crippen LogP contribution in [0.3, 0.4) is 0 Å². The molecular weight excluding hydrogens is 250 g/mol. The third kappa shape index (κ3) is 7.26. The van der Waals surface area contributed by atoms with E-state index in [4.69, 9.17) is 10.5 Å². The highest BCUT2D eigenvalue weighted by atomic mass is 32.2. The molecule has 0 heterocycles. The summed E-state index contributed by atoms with van der Waals surface area (Å²) in [6.07, 6.45) is 5.03. The number of sulfonamides is 1. The monoisotopic (exact) mass is 271 g/mol. The van der Waals surface area contributed by atoms with Crippen molar-refractivity contribution >= 4 is 10.0 Å². The first kappa shape index (κ1) is 16.9. The quantitative estimate of drug-likeness (QED) is 0.615. The fourth-order valence-corrected chi connectivity index (χ4v) is 2.77. The van der Waals surface area contributed by atoms with E-state index >= 15 is 0 Å². The van der Waals surface area contributed by atoms with E-state index in [1.54, 1.807) is 0 Å². The van der Waals surface area contributed by atoms with Gasteiger partial charge in [0.15, 0.2) is 5.25 Å². The Labute approximate surface area is 110 Å². The highest BCUT2D eigenvalue weighted by molar-refractivity contribution is 7.90. The number of hydrogen-bond acceptors (Lipinski definition) is 4. The molecule has 0 radical (unpaired) electrons. The maximum absolute atomic E-state index is 11.8. The Balaban J connectivity index is 4.11. The number of rotatable bonds is 10. The molecule has 0 aliphatic heterocycles. The highest BCUT2D eigenvalue weighted by Gasteiger charge is 2.23. The molecule has 0 amide bonds. The molecule has 0 rings (SSSR count). The van der Waals surface area contributed by atoms with Gasteiger partial charge in [-0.1, -0.05) is 32.6 Å². The fraction of sp³-hybridized carbons (Fsp3) is 0.833. The molecule has 0 aliphatic carbocycles. The van der Waals surface area contributed by atoms with E-state index in [2.05, 4.69) is 11.6 Å². The summed E-state index contributed by atoms with van der Waals surface area (Å²) in [5.41, 5.74) is 0. The summed E-state index contributed by atoms with van der Waals surface area (Å²) >= 11 is 0. The van der Waals surface area contributed by atoms with Crippen LogP contribution < -0.4 is 4.72 Å². The van der Waals surface area contributed by atoms with Crippen LogP contribution in [-0.2, 0) is 10.0 Å². The molecule has 1 atom stereocenters. The molecular formula is C12H21N3O2S. The minimum Gasteiger partial charge on any atom is -0.214 e. The Morgan fingerprint density at radius 2 is 1.89 bits per heavy atom. The van der Waals surface area contributed by atoms with Crippen LogP contribution in [0.1, 0.15) is 51.9 Å². The average molecular weight is 271 g/mol. The van der Waals surface area contributed by atoms with Crippen molar-refractivity contribution in [2.75, 3.05) is 6.54 Å². The van der Waals surface area contributed by atoms with Crippen LogP contribution >= 0.6 is 0 Å². The van der Waals surface area contributed by atoms with Crippen molar-refractivity contribution < 1.29 is 8.42 Å². The molecule has 0 saturated heterocycles. The van der Waals surface area contributed by atoms with Gasteiger partial charge in [-0.05, 0) is 12.8 Å². The molecule has 0 fully saturated rings. The Hall–Kier alpha value is -1.11. The molecule has 5 nitrogen and oxygen atoms in total. The number of hydrogen-bond donors (Lipinski definition) is 1. The largest absolute Gasteiger partial charge is 0.227 e. The van der Waals surface area contributed by atoms with Crippen LogP contribution in [0.5, 0.6) is 0 Å². The highest BCUT2D eigenvalue weighted by Crippen LogP contribution is 2.11. The molecule has 1 N–H and O–H groups in total. The predicted octanol–water partition coefficient (Wildman–Crippen LogP) is 2.07. The number of nitrogens with zero attached hydrogens (tertiary/aromatic N) is 2. The molecule has 0 aliphatic rings. The van der Waals surface area contributed by atoms with E-state index in [9.17, 15) is 8.42 Å². The van der Waals surface area contributed by atoms with Crippen LogP contribution in [0.15, 0.2) is 0 Å². The van der Waals surface area contributed by atoms with Crippen LogP contribution in [0.2, 0.25) is 0 Å². The van der Waals surface area contributed by atoms with Crippen LogP contribution in [0.4, 0.5) is 0 Å². The van der Waals surface area contributed by atoms with E-state index in [0.717, 1.165) is 25.7 Å². The van der Waals surface area contributed by atoms with E-state index < -0.39 is 15.3 Å². The van der Waals surface area contributed by atoms with Crippen LogP contribution in [0.25, 0.3) is 0 Å². The van der Waals surface area contributed by atoms with Gasteiger partial charge >= 0.3 is 0 Å². The summed E-state index contributed by atoms with van der Waals surface area (Å²) in [5, 5.41) is 16.3. The zero-order chi connectivity index (χ0) is 13.9. The fourth-order valence-electron chi connectivity index (χ4n) is 1.53. The minimum absolute atomic E-state index is 0.225. The van der Waals surface area contributed by atoms with Crippen molar-refractivity contribution in [2.45, 2.75) is 57.1 Å². The third-order valence-electron chi connectivity index (χ3n) is 2.61. The Bertz CT molecular complexity index is 393. The van der Waals surface area contributed by atoms with E-state index in [0.29, 0.717) is 19.3 Å². The van der Waals surface area contributed by atoms with Gasteiger partial charge in [0.25, 0.3) is 0 Å². The lowest BCUT2D eigenvalue weighted by Crippen LogP contribution is -2.34. The van der Waals surface area contributed by atoms with Gasteiger partial charge in [0.05, 0.1) is 12.1 Å². The molecule has 102 valence electrons. The van der Waals surface area contributed by atoms with Gasteiger partial charge in [-0.2, -0.15) is 10.5 Å². The summed E-state index contributed by atoms with van der Waals surface area (Å²) in [5.74, 6) is 0. The van der Waals surface area contributed by atoms with E-state index in [-0.39, 0.29) is 6.54 Å². The maximum atomic E-state index is 11.8. The topological polar surface area (TPSA) is 93.8 Å². The van der Waals surface area contributed by atoms with Crippen LogP contribution in [-0.4, -0.2) is 20.2 Å². The molecule has 0 saturated carbocycles. The zero-order valence-corrected chi connectivity index (χ0v) is 11.7. The number of unbranched alkanes of at least 4 members (excludes halogenated alkanes) is 4. The van der Waals surface area contributed by atoms with E-state index in [1.165, 1.54) is 0 Å². The summed E-state index contributed by atoms with van der Waals surface area (Å²) in [4.78, 5) is 0.